The number of aromatic nitrogens is 1. The van der Waals surface area contributed by atoms with Crippen molar-refractivity contribution in [2.75, 3.05) is 7.05 Å². The van der Waals surface area contributed by atoms with E-state index in [1.165, 1.54) is 17.4 Å². The molecule has 0 saturated carbocycles. The Labute approximate surface area is 110 Å². The quantitative estimate of drug-likeness (QED) is 0.895. The van der Waals surface area contributed by atoms with Crippen LogP contribution in [0.4, 0.5) is 4.39 Å². The zero-order chi connectivity index (χ0) is 12.5. The topological polar surface area (TPSA) is 24.9 Å². The summed E-state index contributed by atoms with van der Waals surface area (Å²) in [7, 11) is 1.97. The highest BCUT2D eigenvalue weighted by Gasteiger charge is 2.23. The molecule has 0 amide bonds. The lowest BCUT2D eigenvalue weighted by Gasteiger charge is -2.19. The Morgan fingerprint density at radius 2 is 2.33 bits per heavy atom. The fourth-order valence-corrected chi connectivity index (χ4v) is 3.61. The molecular formula is C14H15FN2S. The summed E-state index contributed by atoms with van der Waals surface area (Å²) in [6, 6.07) is 7.03. The maximum atomic E-state index is 13.2. The predicted octanol–water partition coefficient (Wildman–Crippen LogP) is 3.55. The van der Waals surface area contributed by atoms with Crippen molar-refractivity contribution in [1.29, 1.82) is 0 Å². The van der Waals surface area contributed by atoms with Crippen molar-refractivity contribution in [1.82, 2.24) is 10.3 Å². The van der Waals surface area contributed by atoms with E-state index >= 15 is 0 Å². The molecule has 1 atom stereocenters. The van der Waals surface area contributed by atoms with Crippen LogP contribution in [0.2, 0.25) is 0 Å². The van der Waals surface area contributed by atoms with Crippen LogP contribution in [0.15, 0.2) is 24.3 Å². The lowest BCUT2D eigenvalue weighted by molar-refractivity contribution is 0.490. The average Bonchev–Trinajstić information content (AvgIpc) is 2.82. The number of thiazole rings is 1. The van der Waals surface area contributed by atoms with E-state index in [4.69, 9.17) is 4.98 Å². The first-order chi connectivity index (χ1) is 8.78. The van der Waals surface area contributed by atoms with Gasteiger partial charge in [0.2, 0.25) is 0 Å². The number of halogens is 1. The molecule has 18 heavy (non-hydrogen) atoms. The van der Waals surface area contributed by atoms with Crippen molar-refractivity contribution < 1.29 is 4.39 Å². The minimum absolute atomic E-state index is 0.203. The number of nitrogens with one attached hydrogen (secondary N) is 1. The second-order valence-electron chi connectivity index (χ2n) is 4.57. The number of hydrogen-bond acceptors (Lipinski definition) is 3. The van der Waals surface area contributed by atoms with Gasteiger partial charge in [-0.1, -0.05) is 12.1 Å². The summed E-state index contributed by atoms with van der Waals surface area (Å²) >= 11 is 1.70. The van der Waals surface area contributed by atoms with E-state index in [1.54, 1.807) is 23.5 Å². The van der Waals surface area contributed by atoms with Crippen molar-refractivity contribution in [2.24, 2.45) is 0 Å². The number of aryl methyl sites for hydroxylation is 1. The molecular weight excluding hydrogens is 247 g/mol. The first kappa shape index (κ1) is 11.8. The first-order valence-electron chi connectivity index (χ1n) is 6.20. The highest BCUT2D eigenvalue weighted by molar-refractivity contribution is 7.15. The van der Waals surface area contributed by atoms with Crippen molar-refractivity contribution in [3.63, 3.8) is 0 Å². The zero-order valence-corrected chi connectivity index (χ0v) is 11.1. The Kier molecular flexibility index (Phi) is 3.14. The van der Waals surface area contributed by atoms with E-state index in [1.807, 2.05) is 13.1 Å². The van der Waals surface area contributed by atoms with E-state index in [0.29, 0.717) is 6.04 Å². The van der Waals surface area contributed by atoms with Gasteiger partial charge in [-0.2, -0.15) is 0 Å². The molecule has 1 N–H and O–H groups in total. The maximum absolute atomic E-state index is 13.2. The van der Waals surface area contributed by atoms with Crippen LogP contribution in [-0.2, 0) is 6.42 Å². The SMILES string of the molecule is CNC1CCCc2sc(-c3cccc(F)c3)nc21. The summed E-state index contributed by atoms with van der Waals surface area (Å²) in [5.41, 5.74) is 2.04. The van der Waals surface area contributed by atoms with Crippen LogP contribution in [0.25, 0.3) is 10.6 Å². The van der Waals surface area contributed by atoms with E-state index in [2.05, 4.69) is 5.32 Å². The monoisotopic (exact) mass is 262 g/mol. The second kappa shape index (κ2) is 4.78. The molecule has 2 nitrogen and oxygen atoms in total. The van der Waals surface area contributed by atoms with Gasteiger partial charge in [0.15, 0.2) is 0 Å². The van der Waals surface area contributed by atoms with Gasteiger partial charge in [-0.3, -0.25) is 0 Å². The lowest BCUT2D eigenvalue weighted by atomic mass is 9.98. The van der Waals surface area contributed by atoms with Crippen molar-refractivity contribution in [3.8, 4) is 10.6 Å². The standard InChI is InChI=1S/C14H15FN2S/c1-16-11-6-3-7-12-13(11)17-14(18-12)9-4-2-5-10(15)8-9/h2,4-5,8,11,16H,3,6-7H2,1H3. The summed E-state index contributed by atoms with van der Waals surface area (Å²) in [6.45, 7) is 0. The molecule has 0 spiro atoms. The zero-order valence-electron chi connectivity index (χ0n) is 10.2. The average molecular weight is 262 g/mol. The fraction of sp³-hybridized carbons (Fsp3) is 0.357. The lowest BCUT2D eigenvalue weighted by Crippen LogP contribution is -2.21. The van der Waals surface area contributed by atoms with Crippen LogP contribution in [0.3, 0.4) is 0 Å². The van der Waals surface area contributed by atoms with Crippen molar-refractivity contribution in [2.45, 2.75) is 25.3 Å². The molecule has 1 unspecified atom stereocenters. The Bertz CT molecular complexity index is 565. The fourth-order valence-electron chi connectivity index (χ4n) is 2.44. The van der Waals surface area contributed by atoms with Gasteiger partial charge in [-0.25, -0.2) is 9.37 Å². The van der Waals surface area contributed by atoms with Crippen LogP contribution < -0.4 is 5.32 Å². The minimum Gasteiger partial charge on any atom is -0.312 e. The number of fused-ring (bicyclic) bond motifs is 1. The summed E-state index contributed by atoms with van der Waals surface area (Å²) in [4.78, 5) is 6.05. The highest BCUT2D eigenvalue weighted by atomic mass is 32.1. The summed E-state index contributed by atoms with van der Waals surface area (Å²) in [6.07, 6.45) is 3.43. The third-order valence-electron chi connectivity index (χ3n) is 3.37. The van der Waals surface area contributed by atoms with Crippen LogP contribution in [0, 0.1) is 5.82 Å². The number of hydrogen-bond donors (Lipinski definition) is 1. The third kappa shape index (κ3) is 2.06. The van der Waals surface area contributed by atoms with Crippen LogP contribution >= 0.6 is 11.3 Å². The van der Waals surface area contributed by atoms with Crippen LogP contribution in [0.5, 0.6) is 0 Å². The van der Waals surface area contributed by atoms with E-state index in [-0.39, 0.29) is 5.82 Å². The van der Waals surface area contributed by atoms with Crippen molar-refractivity contribution in [3.05, 3.63) is 40.7 Å². The second-order valence-corrected chi connectivity index (χ2v) is 5.65. The van der Waals surface area contributed by atoms with Gasteiger partial charge in [0.1, 0.15) is 10.8 Å². The van der Waals surface area contributed by atoms with E-state index < -0.39 is 0 Å². The number of benzene rings is 1. The van der Waals surface area contributed by atoms with Gasteiger partial charge in [-0.05, 0) is 38.4 Å². The molecule has 0 saturated heterocycles. The molecule has 1 heterocycles. The molecule has 1 aliphatic carbocycles. The highest BCUT2D eigenvalue weighted by Crippen LogP contribution is 2.36. The van der Waals surface area contributed by atoms with Gasteiger partial charge in [-0.15, -0.1) is 11.3 Å². The Hall–Kier alpha value is -1.26. The molecule has 4 heteroatoms. The molecule has 0 radical (unpaired) electrons. The maximum Gasteiger partial charge on any atom is 0.124 e. The molecule has 2 aromatic rings. The van der Waals surface area contributed by atoms with Gasteiger partial charge >= 0.3 is 0 Å². The van der Waals surface area contributed by atoms with Gasteiger partial charge in [0, 0.05) is 10.4 Å². The first-order valence-corrected chi connectivity index (χ1v) is 7.02. The molecule has 0 bridgehead atoms. The molecule has 0 aliphatic heterocycles. The number of nitrogens with zero attached hydrogens (tertiary/aromatic N) is 1. The Morgan fingerprint density at radius 1 is 1.44 bits per heavy atom. The van der Waals surface area contributed by atoms with Gasteiger partial charge < -0.3 is 5.32 Å². The summed E-state index contributed by atoms with van der Waals surface area (Å²) < 4.78 is 13.2. The molecule has 1 aliphatic rings. The van der Waals surface area contributed by atoms with E-state index in [9.17, 15) is 4.39 Å². The smallest absolute Gasteiger partial charge is 0.124 e. The Morgan fingerprint density at radius 3 is 3.11 bits per heavy atom. The molecule has 94 valence electrons. The van der Waals surface area contributed by atoms with Gasteiger partial charge in [0.25, 0.3) is 0 Å². The summed E-state index contributed by atoms with van der Waals surface area (Å²) in [5.74, 6) is -0.203. The van der Waals surface area contributed by atoms with Gasteiger partial charge in [0.05, 0.1) is 11.7 Å². The molecule has 1 aromatic heterocycles. The summed E-state index contributed by atoms with van der Waals surface area (Å²) in [5, 5.41) is 4.24. The number of rotatable bonds is 2. The largest absolute Gasteiger partial charge is 0.312 e. The third-order valence-corrected chi connectivity index (χ3v) is 4.55. The molecule has 3 rings (SSSR count). The van der Waals surface area contributed by atoms with Crippen LogP contribution in [0.1, 0.15) is 29.5 Å². The van der Waals surface area contributed by atoms with E-state index in [0.717, 1.165) is 29.1 Å². The van der Waals surface area contributed by atoms with Crippen LogP contribution in [-0.4, -0.2) is 12.0 Å². The minimum atomic E-state index is -0.203. The molecule has 1 aromatic carbocycles. The molecule has 0 fully saturated rings. The van der Waals surface area contributed by atoms with Crippen molar-refractivity contribution >= 4 is 11.3 Å². The predicted molar refractivity (Wildman–Crippen MR) is 72.2 cm³/mol. The Balaban J connectivity index is 2.02. The normalized spacial score (nSPS) is 18.7.